The first kappa shape index (κ1) is 26.9. The van der Waals surface area contributed by atoms with Crippen LogP contribution >= 0.6 is 0 Å². The Labute approximate surface area is 230 Å². The molecule has 2 heterocycles. The second-order valence-electron chi connectivity index (χ2n) is 10.2. The summed E-state index contributed by atoms with van der Waals surface area (Å²) in [4.78, 5) is 30.8. The van der Waals surface area contributed by atoms with Gasteiger partial charge in [0.05, 0.1) is 16.1 Å². The number of anilines is 2. The molecule has 2 aliphatic rings. The SMILES string of the molecule is CC1CCN(S(=O)(=O)c2cccc(C(=O)Nc3ccccc3C(=O)N3CCN(c4ccccc4)CC3)c2)CC1. The second-order valence-corrected chi connectivity index (χ2v) is 12.2. The van der Waals surface area contributed by atoms with Crippen molar-refractivity contribution in [1.29, 1.82) is 0 Å². The molecule has 0 aromatic heterocycles. The first-order valence-electron chi connectivity index (χ1n) is 13.4. The Kier molecular flexibility index (Phi) is 7.99. The summed E-state index contributed by atoms with van der Waals surface area (Å²) >= 11 is 0. The average molecular weight is 547 g/mol. The van der Waals surface area contributed by atoms with Crippen LogP contribution in [0.15, 0.2) is 83.8 Å². The minimum absolute atomic E-state index is 0.102. The number of piperazine rings is 1. The van der Waals surface area contributed by atoms with Crippen LogP contribution in [0.3, 0.4) is 0 Å². The van der Waals surface area contributed by atoms with E-state index in [0.717, 1.165) is 31.6 Å². The van der Waals surface area contributed by atoms with E-state index in [2.05, 4.69) is 29.3 Å². The topological polar surface area (TPSA) is 90.0 Å². The van der Waals surface area contributed by atoms with Crippen LogP contribution in [0.25, 0.3) is 0 Å². The maximum absolute atomic E-state index is 13.4. The van der Waals surface area contributed by atoms with Crippen LogP contribution in [-0.2, 0) is 10.0 Å². The highest BCUT2D eigenvalue weighted by Gasteiger charge is 2.29. The van der Waals surface area contributed by atoms with Gasteiger partial charge in [-0.05, 0) is 61.2 Å². The number of hydrogen-bond acceptors (Lipinski definition) is 5. The summed E-state index contributed by atoms with van der Waals surface area (Å²) in [6, 6.07) is 23.2. The molecule has 0 radical (unpaired) electrons. The van der Waals surface area contributed by atoms with Gasteiger partial charge in [-0.25, -0.2) is 8.42 Å². The number of carbonyl (C=O) groups is 2. The van der Waals surface area contributed by atoms with Crippen molar-refractivity contribution in [3.05, 3.63) is 90.0 Å². The van der Waals surface area contributed by atoms with Crippen molar-refractivity contribution in [1.82, 2.24) is 9.21 Å². The molecule has 2 fully saturated rings. The predicted molar refractivity (Wildman–Crippen MR) is 153 cm³/mol. The van der Waals surface area contributed by atoms with E-state index in [1.54, 1.807) is 41.3 Å². The fourth-order valence-corrected chi connectivity index (χ4v) is 6.64. The molecule has 2 saturated heterocycles. The Balaban J connectivity index is 1.28. The molecule has 0 spiro atoms. The van der Waals surface area contributed by atoms with E-state index in [4.69, 9.17) is 0 Å². The third kappa shape index (κ3) is 5.99. The lowest BCUT2D eigenvalue weighted by atomic mass is 10.0. The predicted octanol–water partition coefficient (Wildman–Crippen LogP) is 4.32. The molecular weight excluding hydrogens is 512 g/mol. The first-order valence-corrected chi connectivity index (χ1v) is 14.9. The van der Waals surface area contributed by atoms with Crippen molar-refractivity contribution in [2.24, 2.45) is 5.92 Å². The average Bonchev–Trinajstić information content (AvgIpc) is 2.98. The summed E-state index contributed by atoms with van der Waals surface area (Å²) in [6.07, 6.45) is 1.65. The quantitative estimate of drug-likeness (QED) is 0.497. The lowest BCUT2D eigenvalue weighted by molar-refractivity contribution is 0.0748. The van der Waals surface area contributed by atoms with Crippen LogP contribution in [0.5, 0.6) is 0 Å². The Morgan fingerprint density at radius 1 is 0.795 bits per heavy atom. The number of nitrogens with one attached hydrogen (secondary N) is 1. The molecule has 0 bridgehead atoms. The van der Waals surface area contributed by atoms with Gasteiger partial charge in [0, 0.05) is 50.5 Å². The zero-order valence-corrected chi connectivity index (χ0v) is 22.9. The summed E-state index contributed by atoms with van der Waals surface area (Å²) < 4.78 is 27.9. The van der Waals surface area contributed by atoms with E-state index in [-0.39, 0.29) is 16.4 Å². The third-order valence-corrected chi connectivity index (χ3v) is 9.47. The van der Waals surface area contributed by atoms with E-state index < -0.39 is 15.9 Å². The standard InChI is InChI=1S/C30H34N4O4S/c1-23-14-16-34(17-15-23)39(37,38)26-11-7-8-24(22-26)29(35)31-28-13-6-5-12-27(28)30(36)33-20-18-32(19-21-33)25-9-3-2-4-10-25/h2-13,22-23H,14-21H2,1H3,(H,31,35). The van der Waals surface area contributed by atoms with E-state index in [1.165, 1.54) is 16.4 Å². The van der Waals surface area contributed by atoms with Gasteiger partial charge in [-0.2, -0.15) is 4.31 Å². The lowest BCUT2D eigenvalue weighted by Gasteiger charge is -2.36. The molecule has 8 nitrogen and oxygen atoms in total. The fourth-order valence-electron chi connectivity index (χ4n) is 5.12. The van der Waals surface area contributed by atoms with Crippen molar-refractivity contribution >= 4 is 33.2 Å². The van der Waals surface area contributed by atoms with Crippen LogP contribution in [0.4, 0.5) is 11.4 Å². The number of amides is 2. The second kappa shape index (κ2) is 11.6. The number of hydrogen-bond donors (Lipinski definition) is 1. The summed E-state index contributed by atoms with van der Waals surface area (Å²) in [5.74, 6) is -0.105. The number of sulfonamides is 1. The van der Waals surface area contributed by atoms with Crippen molar-refractivity contribution in [2.45, 2.75) is 24.7 Å². The number of carbonyl (C=O) groups excluding carboxylic acids is 2. The Morgan fingerprint density at radius 2 is 1.46 bits per heavy atom. The summed E-state index contributed by atoms with van der Waals surface area (Å²) in [6.45, 7) is 5.69. The maximum atomic E-state index is 13.4. The van der Waals surface area contributed by atoms with Crippen LogP contribution in [-0.4, -0.2) is 68.7 Å². The van der Waals surface area contributed by atoms with Gasteiger partial charge in [-0.1, -0.05) is 43.3 Å². The van der Waals surface area contributed by atoms with E-state index in [1.807, 2.05) is 18.2 Å². The molecule has 0 atom stereocenters. The zero-order valence-electron chi connectivity index (χ0n) is 22.1. The summed E-state index contributed by atoms with van der Waals surface area (Å²) in [5.41, 5.74) is 2.16. The molecule has 5 rings (SSSR count). The molecule has 39 heavy (non-hydrogen) atoms. The largest absolute Gasteiger partial charge is 0.368 e. The van der Waals surface area contributed by atoms with Crippen LogP contribution in [0, 0.1) is 5.92 Å². The van der Waals surface area contributed by atoms with Gasteiger partial charge in [0.15, 0.2) is 0 Å². The smallest absolute Gasteiger partial charge is 0.256 e. The van der Waals surface area contributed by atoms with Crippen LogP contribution in [0.1, 0.15) is 40.5 Å². The van der Waals surface area contributed by atoms with Gasteiger partial charge >= 0.3 is 0 Å². The Morgan fingerprint density at radius 3 is 2.18 bits per heavy atom. The first-order chi connectivity index (χ1) is 18.8. The van der Waals surface area contributed by atoms with Crippen molar-refractivity contribution < 1.29 is 18.0 Å². The van der Waals surface area contributed by atoms with Gasteiger partial charge in [0.25, 0.3) is 11.8 Å². The molecule has 0 aliphatic carbocycles. The van der Waals surface area contributed by atoms with Gasteiger partial charge in [-0.15, -0.1) is 0 Å². The monoisotopic (exact) mass is 546 g/mol. The normalized spacial score (nSPS) is 17.2. The van der Waals surface area contributed by atoms with Crippen molar-refractivity contribution in [3.63, 3.8) is 0 Å². The number of piperidine rings is 1. The van der Waals surface area contributed by atoms with Gasteiger partial charge in [0.1, 0.15) is 0 Å². The zero-order chi connectivity index (χ0) is 27.4. The highest BCUT2D eigenvalue weighted by atomic mass is 32.2. The van der Waals surface area contributed by atoms with Gasteiger partial charge in [0.2, 0.25) is 10.0 Å². The number of benzene rings is 3. The molecule has 3 aromatic rings. The third-order valence-electron chi connectivity index (χ3n) is 7.57. The van der Waals surface area contributed by atoms with Crippen molar-refractivity contribution in [3.8, 4) is 0 Å². The lowest BCUT2D eigenvalue weighted by Crippen LogP contribution is -2.48. The molecule has 0 saturated carbocycles. The van der Waals surface area contributed by atoms with Crippen molar-refractivity contribution in [2.75, 3.05) is 49.5 Å². The number of nitrogens with zero attached hydrogens (tertiary/aromatic N) is 3. The number of rotatable bonds is 6. The van der Waals surface area contributed by atoms with E-state index in [9.17, 15) is 18.0 Å². The molecule has 1 N–H and O–H groups in total. The highest BCUT2D eigenvalue weighted by Crippen LogP contribution is 2.25. The maximum Gasteiger partial charge on any atom is 0.256 e. The van der Waals surface area contributed by atoms with Gasteiger partial charge < -0.3 is 15.1 Å². The van der Waals surface area contributed by atoms with Crippen LogP contribution < -0.4 is 10.2 Å². The number of para-hydroxylation sites is 2. The molecule has 9 heteroatoms. The molecule has 3 aromatic carbocycles. The fraction of sp³-hybridized carbons (Fsp3) is 0.333. The summed E-state index contributed by atoms with van der Waals surface area (Å²) in [7, 11) is -3.69. The molecule has 2 aliphatic heterocycles. The minimum Gasteiger partial charge on any atom is -0.368 e. The Bertz CT molecular complexity index is 1430. The van der Waals surface area contributed by atoms with Gasteiger partial charge in [-0.3, -0.25) is 9.59 Å². The molecule has 204 valence electrons. The van der Waals surface area contributed by atoms with E-state index in [0.29, 0.717) is 43.3 Å². The summed E-state index contributed by atoms with van der Waals surface area (Å²) in [5, 5.41) is 2.84. The molecule has 0 unspecified atom stereocenters. The Hall–Kier alpha value is -3.69. The van der Waals surface area contributed by atoms with Crippen LogP contribution in [0.2, 0.25) is 0 Å². The minimum atomic E-state index is -3.69. The molecule has 2 amide bonds. The molecular formula is C30H34N4O4S. The highest BCUT2D eigenvalue weighted by molar-refractivity contribution is 7.89. The van der Waals surface area contributed by atoms with E-state index >= 15 is 0 Å².